The van der Waals surface area contributed by atoms with Gasteiger partial charge in [0, 0.05) is 11.1 Å². The first-order chi connectivity index (χ1) is 8.24. The summed E-state index contributed by atoms with van der Waals surface area (Å²) in [5.41, 5.74) is 0.0202. The third kappa shape index (κ3) is 4.49. The second-order valence-electron chi connectivity index (χ2n) is 4.84. The zero-order valence-corrected chi connectivity index (χ0v) is 11.5. The first-order valence-corrected chi connectivity index (χ1v) is 6.97. The minimum atomic E-state index is -3.55. The maximum Gasteiger partial charge on any atom is 0.241 e. The van der Waals surface area contributed by atoms with Gasteiger partial charge in [0.2, 0.25) is 10.0 Å². The van der Waals surface area contributed by atoms with Crippen LogP contribution in [0.1, 0.15) is 26.3 Å². The molecule has 1 rings (SSSR count). The molecule has 18 heavy (non-hydrogen) atoms. The van der Waals surface area contributed by atoms with Crippen LogP contribution in [0.25, 0.3) is 0 Å². The molecule has 0 atom stereocenters. The minimum Gasteiger partial charge on any atom is -0.384 e. The monoisotopic (exact) mass is 267 g/mol. The Morgan fingerprint density at radius 2 is 2.00 bits per heavy atom. The van der Waals surface area contributed by atoms with Crippen LogP contribution in [0.4, 0.5) is 0 Å². The van der Waals surface area contributed by atoms with Crippen LogP contribution in [-0.4, -0.2) is 25.7 Å². The average molecular weight is 267 g/mol. The summed E-state index contributed by atoms with van der Waals surface area (Å²) in [6.07, 6.45) is 0. The van der Waals surface area contributed by atoms with Crippen molar-refractivity contribution in [3.8, 4) is 11.8 Å². The molecule has 0 aliphatic rings. The van der Waals surface area contributed by atoms with Crippen LogP contribution in [0.2, 0.25) is 0 Å². The maximum atomic E-state index is 12.1. The van der Waals surface area contributed by atoms with E-state index in [1.807, 2.05) is 0 Å². The van der Waals surface area contributed by atoms with Crippen LogP contribution >= 0.6 is 0 Å². The fraction of sp³-hybridized carbons (Fsp3) is 0.385. The summed E-state index contributed by atoms with van der Waals surface area (Å²) in [5, 5.41) is 8.61. The van der Waals surface area contributed by atoms with Gasteiger partial charge in [-0.3, -0.25) is 0 Å². The van der Waals surface area contributed by atoms with E-state index in [0.29, 0.717) is 5.56 Å². The van der Waals surface area contributed by atoms with Crippen LogP contribution in [0.5, 0.6) is 0 Å². The molecule has 0 spiro atoms. The molecule has 0 aliphatic carbocycles. The van der Waals surface area contributed by atoms with E-state index in [1.165, 1.54) is 12.1 Å². The van der Waals surface area contributed by atoms with Gasteiger partial charge >= 0.3 is 0 Å². The van der Waals surface area contributed by atoms with Gasteiger partial charge in [0.15, 0.2) is 0 Å². The third-order valence-corrected chi connectivity index (χ3v) is 3.65. The highest BCUT2D eigenvalue weighted by Crippen LogP contribution is 2.14. The molecule has 0 saturated carbocycles. The van der Waals surface area contributed by atoms with Crippen molar-refractivity contribution >= 4 is 10.0 Å². The van der Waals surface area contributed by atoms with Gasteiger partial charge in [0.25, 0.3) is 0 Å². The summed E-state index contributed by atoms with van der Waals surface area (Å²) in [6, 6.07) is 6.31. The lowest BCUT2D eigenvalue weighted by atomic mass is 10.1. The number of benzene rings is 1. The van der Waals surface area contributed by atoms with Gasteiger partial charge < -0.3 is 5.11 Å². The summed E-state index contributed by atoms with van der Waals surface area (Å²) < 4.78 is 26.7. The summed E-state index contributed by atoms with van der Waals surface area (Å²) in [7, 11) is -3.55. The number of aliphatic hydroxyl groups is 1. The Morgan fingerprint density at radius 3 is 2.56 bits per heavy atom. The van der Waals surface area contributed by atoms with E-state index < -0.39 is 15.6 Å². The van der Waals surface area contributed by atoms with E-state index in [0.717, 1.165) is 0 Å². The van der Waals surface area contributed by atoms with E-state index in [1.54, 1.807) is 32.9 Å². The Morgan fingerprint density at radius 1 is 1.33 bits per heavy atom. The van der Waals surface area contributed by atoms with Gasteiger partial charge in [-0.15, -0.1) is 0 Å². The predicted octanol–water partition coefficient (Wildman–Crippen LogP) is 1.11. The summed E-state index contributed by atoms with van der Waals surface area (Å²) in [4.78, 5) is 0.169. The predicted molar refractivity (Wildman–Crippen MR) is 70.5 cm³/mol. The molecule has 2 N–H and O–H groups in total. The van der Waals surface area contributed by atoms with Gasteiger partial charge in [-0.05, 0) is 39.0 Å². The Balaban J connectivity index is 3.10. The largest absolute Gasteiger partial charge is 0.384 e. The molecule has 0 fully saturated rings. The van der Waals surface area contributed by atoms with Crippen LogP contribution in [-0.2, 0) is 10.0 Å². The van der Waals surface area contributed by atoms with Gasteiger partial charge in [-0.2, -0.15) is 0 Å². The van der Waals surface area contributed by atoms with Crippen molar-refractivity contribution in [1.29, 1.82) is 0 Å². The van der Waals surface area contributed by atoms with E-state index in [-0.39, 0.29) is 11.5 Å². The Hall–Kier alpha value is -1.35. The molecule has 5 heteroatoms. The molecular formula is C13H17NO3S. The average Bonchev–Trinajstić information content (AvgIpc) is 2.23. The fourth-order valence-electron chi connectivity index (χ4n) is 1.34. The van der Waals surface area contributed by atoms with Gasteiger partial charge in [0.05, 0.1) is 4.90 Å². The lowest BCUT2D eigenvalue weighted by molar-refractivity contribution is 0.350. The molecule has 0 heterocycles. The molecule has 0 bridgehead atoms. The van der Waals surface area contributed by atoms with Crippen molar-refractivity contribution in [2.75, 3.05) is 6.61 Å². The van der Waals surface area contributed by atoms with Crippen molar-refractivity contribution in [1.82, 2.24) is 4.72 Å². The number of hydrogen-bond donors (Lipinski definition) is 2. The van der Waals surface area contributed by atoms with Crippen LogP contribution in [0.3, 0.4) is 0 Å². The quantitative estimate of drug-likeness (QED) is 0.789. The van der Waals surface area contributed by atoms with Crippen LogP contribution < -0.4 is 4.72 Å². The molecule has 0 saturated heterocycles. The van der Waals surface area contributed by atoms with E-state index in [4.69, 9.17) is 5.11 Å². The molecule has 1 aromatic carbocycles. The minimum absolute atomic E-state index is 0.169. The lowest BCUT2D eigenvalue weighted by Crippen LogP contribution is -2.40. The molecular weight excluding hydrogens is 250 g/mol. The van der Waals surface area contributed by atoms with Gasteiger partial charge in [-0.1, -0.05) is 17.9 Å². The Bertz CT molecular complexity index is 574. The van der Waals surface area contributed by atoms with E-state index >= 15 is 0 Å². The molecule has 0 amide bonds. The van der Waals surface area contributed by atoms with Gasteiger partial charge in [0.1, 0.15) is 6.61 Å². The number of nitrogens with one attached hydrogen (secondary N) is 1. The first kappa shape index (κ1) is 14.7. The summed E-state index contributed by atoms with van der Waals surface area (Å²) in [5.74, 6) is 5.16. The maximum absolute atomic E-state index is 12.1. The van der Waals surface area contributed by atoms with Crippen LogP contribution in [0.15, 0.2) is 29.2 Å². The molecule has 0 aliphatic heterocycles. The van der Waals surface area contributed by atoms with E-state index in [9.17, 15) is 8.42 Å². The molecule has 98 valence electrons. The van der Waals surface area contributed by atoms with Gasteiger partial charge in [-0.25, -0.2) is 13.1 Å². The third-order valence-electron chi connectivity index (χ3n) is 1.90. The molecule has 1 aromatic rings. The highest BCUT2D eigenvalue weighted by molar-refractivity contribution is 7.89. The second kappa shape index (κ2) is 5.53. The smallest absolute Gasteiger partial charge is 0.241 e. The molecule has 0 unspecified atom stereocenters. The molecule has 4 nitrogen and oxygen atoms in total. The SMILES string of the molecule is CC(C)(C)NS(=O)(=O)c1cccc(C#CCO)c1. The van der Waals surface area contributed by atoms with Crippen molar-refractivity contribution in [3.63, 3.8) is 0 Å². The fourth-order valence-corrected chi connectivity index (χ4v) is 2.81. The number of aliphatic hydroxyl groups excluding tert-OH is 1. The normalized spacial score (nSPS) is 11.8. The number of hydrogen-bond acceptors (Lipinski definition) is 3. The first-order valence-electron chi connectivity index (χ1n) is 5.48. The van der Waals surface area contributed by atoms with Crippen molar-refractivity contribution in [2.45, 2.75) is 31.2 Å². The van der Waals surface area contributed by atoms with Crippen molar-refractivity contribution in [2.24, 2.45) is 0 Å². The Labute approximate surface area is 108 Å². The van der Waals surface area contributed by atoms with Crippen molar-refractivity contribution in [3.05, 3.63) is 29.8 Å². The van der Waals surface area contributed by atoms with Crippen molar-refractivity contribution < 1.29 is 13.5 Å². The molecule has 0 radical (unpaired) electrons. The van der Waals surface area contributed by atoms with E-state index in [2.05, 4.69) is 16.6 Å². The zero-order valence-electron chi connectivity index (χ0n) is 10.7. The lowest BCUT2D eigenvalue weighted by Gasteiger charge is -2.20. The highest BCUT2D eigenvalue weighted by atomic mass is 32.2. The van der Waals surface area contributed by atoms with Crippen LogP contribution in [0, 0.1) is 11.8 Å². The standard InChI is InChI=1S/C13H17NO3S/c1-13(2,3)14-18(16,17)12-8-4-6-11(10-12)7-5-9-15/h4,6,8,10,14-15H,9H2,1-3H3. The Kier molecular flexibility index (Phi) is 4.52. The topological polar surface area (TPSA) is 66.4 Å². The zero-order chi connectivity index (χ0) is 13.8. The summed E-state index contributed by atoms with van der Waals surface area (Å²) >= 11 is 0. The number of sulfonamides is 1. The second-order valence-corrected chi connectivity index (χ2v) is 6.53. The molecule has 0 aromatic heterocycles. The summed E-state index contributed by atoms with van der Waals surface area (Å²) in [6.45, 7) is 5.08. The number of rotatable bonds is 2. The highest BCUT2D eigenvalue weighted by Gasteiger charge is 2.21.